The van der Waals surface area contributed by atoms with E-state index in [2.05, 4.69) is 5.32 Å². The van der Waals surface area contributed by atoms with Crippen molar-refractivity contribution in [1.29, 1.82) is 0 Å². The van der Waals surface area contributed by atoms with Crippen molar-refractivity contribution in [2.75, 3.05) is 20.6 Å². The highest BCUT2D eigenvalue weighted by Crippen LogP contribution is 1.80. The first-order valence-corrected chi connectivity index (χ1v) is 3.76. The molecule has 1 unspecified atom stereocenters. The monoisotopic (exact) mass is 231 g/mol. The fourth-order valence-electron chi connectivity index (χ4n) is 0.748. The van der Waals surface area contributed by atoms with Crippen LogP contribution in [0, 0.1) is 0 Å². The molecule has 13 heavy (non-hydrogen) atoms. The summed E-state index contributed by atoms with van der Waals surface area (Å²) in [7, 11) is 3.83. The summed E-state index contributed by atoms with van der Waals surface area (Å²) in [6.07, 6.45) is 0.235. The van der Waals surface area contributed by atoms with Gasteiger partial charge in [-0.15, -0.1) is 24.8 Å². The predicted octanol–water partition coefficient (Wildman–Crippen LogP) is 0.203. The number of nitrogens with zero attached hydrogens (tertiary/aromatic N) is 1. The molecule has 0 aliphatic rings. The van der Waals surface area contributed by atoms with Crippen LogP contribution in [0.3, 0.4) is 0 Å². The second-order valence-electron chi connectivity index (χ2n) is 2.79. The van der Waals surface area contributed by atoms with Gasteiger partial charge in [-0.1, -0.05) is 6.92 Å². The Labute approximate surface area is 92.0 Å². The first-order valence-electron chi connectivity index (χ1n) is 3.76. The van der Waals surface area contributed by atoms with Crippen molar-refractivity contribution in [3.8, 4) is 0 Å². The summed E-state index contributed by atoms with van der Waals surface area (Å²) in [6, 6.07) is 0. The molecule has 4 nitrogen and oxygen atoms in total. The maximum Gasteiger partial charge on any atom is 0.220 e. The molecule has 82 valence electrons. The number of nitrogens with one attached hydrogen (secondary N) is 1. The molecule has 0 saturated heterocycles. The maximum atomic E-state index is 10.8. The molecule has 6 heteroatoms. The van der Waals surface area contributed by atoms with Gasteiger partial charge in [0.05, 0.1) is 6.17 Å². The second kappa shape index (κ2) is 10.1. The lowest BCUT2D eigenvalue weighted by Gasteiger charge is -2.17. The molecule has 0 spiro atoms. The van der Waals surface area contributed by atoms with Crippen molar-refractivity contribution < 1.29 is 4.79 Å². The van der Waals surface area contributed by atoms with Gasteiger partial charge in [0.2, 0.25) is 5.91 Å². The van der Waals surface area contributed by atoms with Gasteiger partial charge < -0.3 is 16.0 Å². The molecule has 0 aliphatic carbocycles. The van der Waals surface area contributed by atoms with Crippen LogP contribution in [-0.4, -0.2) is 37.6 Å². The fourth-order valence-corrected chi connectivity index (χ4v) is 0.748. The fraction of sp³-hybridized carbons (Fsp3) is 0.857. The number of carbonyl (C=O) groups is 1. The van der Waals surface area contributed by atoms with Crippen LogP contribution in [0.5, 0.6) is 0 Å². The molecule has 0 saturated carbocycles. The van der Waals surface area contributed by atoms with Gasteiger partial charge in [-0.2, -0.15) is 0 Å². The summed E-state index contributed by atoms with van der Waals surface area (Å²) in [6.45, 7) is 2.48. The summed E-state index contributed by atoms with van der Waals surface area (Å²) < 4.78 is 0. The Balaban J connectivity index is -0.000000500. The van der Waals surface area contributed by atoms with Crippen LogP contribution in [0.1, 0.15) is 13.3 Å². The first-order chi connectivity index (χ1) is 5.06. The average molecular weight is 232 g/mol. The van der Waals surface area contributed by atoms with E-state index in [0.29, 0.717) is 13.0 Å². The van der Waals surface area contributed by atoms with E-state index in [-0.39, 0.29) is 36.9 Å². The molecule has 0 aromatic carbocycles. The minimum absolute atomic E-state index is 0. The van der Waals surface area contributed by atoms with E-state index >= 15 is 0 Å². The number of nitrogens with two attached hydrogens (primary N) is 1. The molecule has 0 aromatic rings. The molecular weight excluding hydrogens is 213 g/mol. The molecule has 3 N–H and O–H groups in total. The third-order valence-electron chi connectivity index (χ3n) is 1.23. The van der Waals surface area contributed by atoms with Crippen molar-refractivity contribution >= 4 is 30.7 Å². The zero-order chi connectivity index (χ0) is 8.85. The van der Waals surface area contributed by atoms with Crippen molar-refractivity contribution in [3.63, 3.8) is 0 Å². The van der Waals surface area contributed by atoms with Gasteiger partial charge in [0, 0.05) is 13.0 Å². The smallest absolute Gasteiger partial charge is 0.220 e. The Bertz CT molecular complexity index is 133. The highest BCUT2D eigenvalue weighted by atomic mass is 35.5. The Kier molecular flexibility index (Phi) is 14.5. The van der Waals surface area contributed by atoms with Gasteiger partial charge in [-0.3, -0.25) is 4.79 Å². The van der Waals surface area contributed by atoms with Crippen molar-refractivity contribution in [1.82, 2.24) is 10.2 Å². The summed E-state index contributed by atoms with van der Waals surface area (Å²) in [5, 5.41) is 2.66. The highest BCUT2D eigenvalue weighted by Gasteiger charge is 2.05. The number of amides is 1. The molecule has 0 heterocycles. The average Bonchev–Trinajstić information content (AvgIpc) is 1.85. The number of hydrogen-bond donors (Lipinski definition) is 2. The van der Waals surface area contributed by atoms with Crippen molar-refractivity contribution in [2.24, 2.45) is 5.73 Å². The maximum absolute atomic E-state index is 10.8. The van der Waals surface area contributed by atoms with Crippen LogP contribution >= 0.6 is 24.8 Å². The summed E-state index contributed by atoms with van der Waals surface area (Å²) in [4.78, 5) is 12.7. The molecule has 0 radical (unpaired) electrons. The van der Waals surface area contributed by atoms with Crippen molar-refractivity contribution in [3.05, 3.63) is 0 Å². The van der Waals surface area contributed by atoms with Crippen LogP contribution in [0.25, 0.3) is 0 Å². The number of rotatable bonds is 4. The van der Waals surface area contributed by atoms with Gasteiger partial charge in [0.1, 0.15) is 0 Å². The van der Waals surface area contributed by atoms with Crippen LogP contribution in [0.2, 0.25) is 0 Å². The predicted molar refractivity (Wildman–Crippen MR) is 59.5 cm³/mol. The van der Waals surface area contributed by atoms with Crippen LogP contribution in [0.15, 0.2) is 0 Å². The molecule has 1 amide bonds. The topological polar surface area (TPSA) is 58.4 Å². The third kappa shape index (κ3) is 12.0. The van der Waals surface area contributed by atoms with Crippen LogP contribution in [0.4, 0.5) is 0 Å². The van der Waals surface area contributed by atoms with E-state index in [4.69, 9.17) is 5.73 Å². The van der Waals surface area contributed by atoms with Crippen molar-refractivity contribution in [2.45, 2.75) is 19.5 Å². The Morgan fingerprint density at radius 1 is 1.46 bits per heavy atom. The summed E-state index contributed by atoms with van der Waals surface area (Å²) in [5.74, 6) is -0.000602. The van der Waals surface area contributed by atoms with Gasteiger partial charge in [0.15, 0.2) is 0 Å². The van der Waals surface area contributed by atoms with Crippen LogP contribution in [-0.2, 0) is 4.79 Å². The third-order valence-corrected chi connectivity index (χ3v) is 1.23. The minimum Gasteiger partial charge on any atom is -0.340 e. The molecule has 0 rings (SSSR count). The first kappa shape index (κ1) is 18.7. The van der Waals surface area contributed by atoms with Crippen LogP contribution < -0.4 is 11.1 Å². The Morgan fingerprint density at radius 2 is 1.92 bits per heavy atom. The largest absolute Gasteiger partial charge is 0.340 e. The standard InChI is InChI=1S/C7H17N3O.2ClH/c1-4-7(11)9-6(8)5-10(2)3;;/h6H,4-5,8H2,1-3H3,(H,9,11);2*1H. The van der Waals surface area contributed by atoms with E-state index in [0.717, 1.165) is 0 Å². The molecular formula is C7H19Cl2N3O. The van der Waals surface area contributed by atoms with Gasteiger partial charge in [0.25, 0.3) is 0 Å². The molecule has 0 fully saturated rings. The lowest BCUT2D eigenvalue weighted by Crippen LogP contribution is -2.47. The minimum atomic E-state index is -0.252. The van der Waals surface area contributed by atoms with Gasteiger partial charge in [-0.25, -0.2) is 0 Å². The number of carbonyl (C=O) groups excluding carboxylic acids is 1. The van der Waals surface area contributed by atoms with E-state index in [1.807, 2.05) is 19.0 Å². The van der Waals surface area contributed by atoms with Gasteiger partial charge >= 0.3 is 0 Å². The quantitative estimate of drug-likeness (QED) is 0.681. The lowest BCUT2D eigenvalue weighted by atomic mass is 10.4. The summed E-state index contributed by atoms with van der Waals surface area (Å²) in [5.41, 5.74) is 5.58. The van der Waals surface area contributed by atoms with E-state index in [1.54, 1.807) is 6.92 Å². The normalized spacial score (nSPS) is 11.2. The lowest BCUT2D eigenvalue weighted by molar-refractivity contribution is -0.121. The zero-order valence-electron chi connectivity index (χ0n) is 8.24. The van der Waals surface area contributed by atoms with Gasteiger partial charge in [-0.05, 0) is 14.1 Å². The second-order valence-corrected chi connectivity index (χ2v) is 2.79. The zero-order valence-corrected chi connectivity index (χ0v) is 9.87. The molecule has 0 bridgehead atoms. The molecule has 1 atom stereocenters. The summed E-state index contributed by atoms with van der Waals surface area (Å²) >= 11 is 0. The number of halogens is 2. The molecule has 0 aliphatic heterocycles. The van der Waals surface area contributed by atoms with E-state index in [9.17, 15) is 4.79 Å². The van der Waals surface area contributed by atoms with E-state index in [1.165, 1.54) is 0 Å². The Morgan fingerprint density at radius 3 is 2.23 bits per heavy atom. The number of likely N-dealkylation sites (N-methyl/N-ethyl adjacent to an activating group) is 1. The SMILES string of the molecule is CCC(=O)NC(N)CN(C)C.Cl.Cl. The Hall–Kier alpha value is -0.0300. The van der Waals surface area contributed by atoms with E-state index < -0.39 is 0 Å². The molecule has 0 aromatic heterocycles. The highest BCUT2D eigenvalue weighted by molar-refractivity contribution is 5.85. The number of hydrogen-bond acceptors (Lipinski definition) is 3.